The van der Waals surface area contributed by atoms with Crippen molar-refractivity contribution in [1.29, 1.82) is 0 Å². The number of rotatable bonds is 4. The number of fused-ring (bicyclic) bond motifs is 1. The van der Waals surface area contributed by atoms with Crippen LogP contribution < -0.4 is 5.32 Å². The number of aliphatic hydroxyl groups excluding tert-OH is 1. The SMILES string of the molecule is CCC(CO)Nc1cccc2ccsc12. The van der Waals surface area contributed by atoms with Gasteiger partial charge in [0.2, 0.25) is 0 Å². The first-order valence-electron chi connectivity index (χ1n) is 5.18. The minimum absolute atomic E-state index is 0.151. The van der Waals surface area contributed by atoms with Gasteiger partial charge in [0.05, 0.1) is 17.0 Å². The molecule has 0 radical (unpaired) electrons. The molecule has 0 aliphatic rings. The summed E-state index contributed by atoms with van der Waals surface area (Å²) in [5.41, 5.74) is 1.13. The molecule has 2 N–H and O–H groups in total. The average Bonchev–Trinajstić information content (AvgIpc) is 2.74. The predicted octanol–water partition coefficient (Wildman–Crippen LogP) is 3.08. The fourth-order valence-electron chi connectivity index (χ4n) is 1.60. The van der Waals surface area contributed by atoms with E-state index >= 15 is 0 Å². The molecule has 0 saturated heterocycles. The first kappa shape index (κ1) is 10.5. The van der Waals surface area contributed by atoms with Gasteiger partial charge in [0.1, 0.15) is 0 Å². The highest BCUT2D eigenvalue weighted by atomic mass is 32.1. The van der Waals surface area contributed by atoms with Gasteiger partial charge in [-0.25, -0.2) is 0 Å². The van der Waals surface area contributed by atoms with Gasteiger partial charge in [0.25, 0.3) is 0 Å². The molecule has 80 valence electrons. The number of hydrogen-bond donors (Lipinski definition) is 2. The van der Waals surface area contributed by atoms with Crippen molar-refractivity contribution in [2.75, 3.05) is 11.9 Å². The van der Waals surface area contributed by atoms with E-state index in [9.17, 15) is 0 Å². The molecule has 1 aromatic heterocycles. The van der Waals surface area contributed by atoms with Gasteiger partial charge in [-0.3, -0.25) is 0 Å². The lowest BCUT2D eigenvalue weighted by atomic mass is 10.2. The third-order valence-electron chi connectivity index (χ3n) is 2.55. The van der Waals surface area contributed by atoms with E-state index in [1.165, 1.54) is 10.1 Å². The highest BCUT2D eigenvalue weighted by Crippen LogP contribution is 2.29. The van der Waals surface area contributed by atoms with Crippen LogP contribution in [0.1, 0.15) is 13.3 Å². The van der Waals surface area contributed by atoms with E-state index in [1.54, 1.807) is 11.3 Å². The summed E-state index contributed by atoms with van der Waals surface area (Å²) in [6, 6.07) is 8.48. The summed E-state index contributed by atoms with van der Waals surface area (Å²) in [6.07, 6.45) is 0.929. The van der Waals surface area contributed by atoms with E-state index in [0.29, 0.717) is 0 Å². The molecule has 0 fully saturated rings. The first-order chi connectivity index (χ1) is 7.35. The topological polar surface area (TPSA) is 32.3 Å². The lowest BCUT2D eigenvalue weighted by Gasteiger charge is -2.15. The van der Waals surface area contributed by atoms with E-state index in [2.05, 4.69) is 35.8 Å². The Hall–Kier alpha value is -1.06. The molecule has 0 spiro atoms. The summed E-state index contributed by atoms with van der Waals surface area (Å²) in [5, 5.41) is 15.9. The molecule has 0 aliphatic carbocycles. The minimum atomic E-state index is 0.151. The van der Waals surface area contributed by atoms with E-state index in [4.69, 9.17) is 5.11 Å². The average molecular weight is 221 g/mol. The van der Waals surface area contributed by atoms with Gasteiger partial charge in [0, 0.05) is 6.04 Å². The quantitative estimate of drug-likeness (QED) is 0.831. The van der Waals surface area contributed by atoms with Crippen LogP contribution in [-0.4, -0.2) is 17.8 Å². The standard InChI is InChI=1S/C12H15NOS/c1-2-10(8-14)13-11-5-3-4-9-6-7-15-12(9)11/h3-7,10,13-14H,2,8H2,1H3. The van der Waals surface area contributed by atoms with Crippen LogP contribution in [0, 0.1) is 0 Å². The molecule has 1 atom stereocenters. The maximum atomic E-state index is 9.15. The largest absolute Gasteiger partial charge is 0.394 e. The van der Waals surface area contributed by atoms with Crippen molar-refractivity contribution in [3.8, 4) is 0 Å². The van der Waals surface area contributed by atoms with Crippen LogP contribution in [0.3, 0.4) is 0 Å². The lowest BCUT2D eigenvalue weighted by Crippen LogP contribution is -2.22. The van der Waals surface area contributed by atoms with Crippen LogP contribution >= 0.6 is 11.3 Å². The monoisotopic (exact) mass is 221 g/mol. The van der Waals surface area contributed by atoms with Gasteiger partial charge in [-0.1, -0.05) is 19.1 Å². The van der Waals surface area contributed by atoms with Crippen LogP contribution in [0.4, 0.5) is 5.69 Å². The maximum absolute atomic E-state index is 9.15. The van der Waals surface area contributed by atoms with Gasteiger partial charge >= 0.3 is 0 Å². The van der Waals surface area contributed by atoms with Crippen LogP contribution in [0.5, 0.6) is 0 Å². The molecule has 2 nitrogen and oxygen atoms in total. The molecule has 1 aromatic carbocycles. The van der Waals surface area contributed by atoms with Crippen molar-refractivity contribution in [2.24, 2.45) is 0 Å². The fourth-order valence-corrected chi connectivity index (χ4v) is 2.48. The zero-order valence-corrected chi connectivity index (χ0v) is 9.55. The second-order valence-corrected chi connectivity index (χ2v) is 4.49. The molecule has 15 heavy (non-hydrogen) atoms. The third kappa shape index (κ3) is 2.13. The number of thiophene rings is 1. The zero-order chi connectivity index (χ0) is 10.7. The summed E-state index contributed by atoms with van der Waals surface area (Å²) in [6.45, 7) is 2.25. The number of benzene rings is 1. The fraction of sp³-hybridized carbons (Fsp3) is 0.333. The Morgan fingerprint density at radius 2 is 2.27 bits per heavy atom. The molecule has 1 unspecified atom stereocenters. The second kappa shape index (κ2) is 4.64. The summed E-state index contributed by atoms with van der Waals surface area (Å²) in [4.78, 5) is 0. The Kier molecular flexibility index (Phi) is 3.23. The third-order valence-corrected chi connectivity index (χ3v) is 3.52. The lowest BCUT2D eigenvalue weighted by molar-refractivity contribution is 0.272. The molecule has 2 aromatic rings. The van der Waals surface area contributed by atoms with Crippen molar-refractivity contribution in [1.82, 2.24) is 0 Å². The Labute approximate surface area is 93.6 Å². The Balaban J connectivity index is 2.30. The van der Waals surface area contributed by atoms with Gasteiger partial charge in [-0.15, -0.1) is 11.3 Å². The summed E-state index contributed by atoms with van der Waals surface area (Å²) in [7, 11) is 0. The van der Waals surface area contributed by atoms with Crippen LogP contribution in [0.2, 0.25) is 0 Å². The van der Waals surface area contributed by atoms with Gasteiger partial charge < -0.3 is 10.4 Å². The number of anilines is 1. The summed E-state index contributed by atoms with van der Waals surface area (Å²) in [5.74, 6) is 0. The van der Waals surface area contributed by atoms with Crippen LogP contribution in [-0.2, 0) is 0 Å². The highest BCUT2D eigenvalue weighted by Gasteiger charge is 2.07. The highest BCUT2D eigenvalue weighted by molar-refractivity contribution is 7.17. The molecule has 0 saturated carbocycles. The number of nitrogens with one attached hydrogen (secondary N) is 1. The first-order valence-corrected chi connectivity index (χ1v) is 6.06. The van der Waals surface area contributed by atoms with Crippen molar-refractivity contribution in [3.05, 3.63) is 29.6 Å². The van der Waals surface area contributed by atoms with E-state index in [-0.39, 0.29) is 12.6 Å². The number of aliphatic hydroxyl groups is 1. The second-order valence-electron chi connectivity index (χ2n) is 3.58. The van der Waals surface area contributed by atoms with Gasteiger partial charge in [-0.05, 0) is 29.3 Å². The molecule has 0 aliphatic heterocycles. The Morgan fingerprint density at radius 1 is 1.40 bits per heavy atom. The molecule has 1 heterocycles. The van der Waals surface area contributed by atoms with E-state index in [1.807, 2.05) is 6.07 Å². The molecular formula is C12H15NOS. The molecule has 3 heteroatoms. The maximum Gasteiger partial charge on any atom is 0.0632 e. The molecule has 0 amide bonds. The van der Waals surface area contributed by atoms with Gasteiger partial charge in [0.15, 0.2) is 0 Å². The van der Waals surface area contributed by atoms with E-state index in [0.717, 1.165) is 12.1 Å². The van der Waals surface area contributed by atoms with Gasteiger partial charge in [-0.2, -0.15) is 0 Å². The van der Waals surface area contributed by atoms with Crippen molar-refractivity contribution in [3.63, 3.8) is 0 Å². The number of hydrogen-bond acceptors (Lipinski definition) is 3. The zero-order valence-electron chi connectivity index (χ0n) is 8.73. The molecule has 0 bridgehead atoms. The van der Waals surface area contributed by atoms with Crippen molar-refractivity contribution >= 4 is 27.1 Å². The normalized spacial score (nSPS) is 12.9. The predicted molar refractivity (Wildman–Crippen MR) is 66.6 cm³/mol. The smallest absolute Gasteiger partial charge is 0.0632 e. The summed E-state index contributed by atoms with van der Waals surface area (Å²) < 4.78 is 1.27. The Morgan fingerprint density at radius 3 is 3.00 bits per heavy atom. The van der Waals surface area contributed by atoms with Crippen LogP contribution in [0.15, 0.2) is 29.6 Å². The summed E-state index contributed by atoms with van der Waals surface area (Å²) >= 11 is 1.73. The molecular weight excluding hydrogens is 206 g/mol. The van der Waals surface area contributed by atoms with Crippen molar-refractivity contribution < 1.29 is 5.11 Å². The Bertz CT molecular complexity index is 434. The molecule has 2 rings (SSSR count). The van der Waals surface area contributed by atoms with Crippen molar-refractivity contribution in [2.45, 2.75) is 19.4 Å². The van der Waals surface area contributed by atoms with E-state index < -0.39 is 0 Å². The minimum Gasteiger partial charge on any atom is -0.394 e. The van der Waals surface area contributed by atoms with Crippen LogP contribution in [0.25, 0.3) is 10.1 Å².